The number of carbonyl (C=O) groups is 1. The summed E-state index contributed by atoms with van der Waals surface area (Å²) in [4.78, 5) is 15.0. The Bertz CT molecular complexity index is 975. The molecule has 0 bridgehead atoms. The number of pyridine rings is 1. The highest BCUT2D eigenvalue weighted by Gasteiger charge is 2.17. The summed E-state index contributed by atoms with van der Waals surface area (Å²) in [5.74, 6) is -0.334. The van der Waals surface area contributed by atoms with Gasteiger partial charge in [0.1, 0.15) is 5.75 Å². The molecule has 0 amide bonds. The monoisotopic (exact) mass is 399 g/mol. The first-order valence-electron chi connectivity index (χ1n) is 8.71. The standard InChI is InChI=1S/C22H19F2NO3.CH4/c1-28-17-6-8-18(14(11-17)5-9-21(26)27)15-4-7-19(20(12-15)22(23)24)16-3-2-10-25-13-16;/h2-4,6-8,10-13,22H,5,9H2,1H3,(H,26,27);1H4. The molecule has 0 saturated carbocycles. The van der Waals surface area contributed by atoms with Gasteiger partial charge < -0.3 is 9.84 Å². The fourth-order valence-electron chi connectivity index (χ4n) is 3.12. The number of aryl methyl sites for hydroxylation is 1. The second-order valence-corrected chi connectivity index (χ2v) is 6.26. The van der Waals surface area contributed by atoms with Gasteiger partial charge in [-0.1, -0.05) is 31.7 Å². The van der Waals surface area contributed by atoms with Crippen LogP contribution in [-0.4, -0.2) is 23.2 Å². The van der Waals surface area contributed by atoms with Gasteiger partial charge in [-0.25, -0.2) is 8.78 Å². The summed E-state index contributed by atoms with van der Waals surface area (Å²) in [6.07, 6.45) is 0.695. The van der Waals surface area contributed by atoms with Crippen LogP contribution >= 0.6 is 0 Å². The summed E-state index contributed by atoms with van der Waals surface area (Å²) in [5, 5.41) is 9.01. The summed E-state index contributed by atoms with van der Waals surface area (Å²) in [5.41, 5.74) is 2.99. The lowest BCUT2D eigenvalue weighted by Crippen LogP contribution is -2.00. The zero-order valence-electron chi connectivity index (χ0n) is 15.2. The van der Waals surface area contributed by atoms with Crippen LogP contribution in [-0.2, 0) is 11.2 Å². The van der Waals surface area contributed by atoms with E-state index in [-0.39, 0.29) is 25.8 Å². The van der Waals surface area contributed by atoms with E-state index in [1.165, 1.54) is 13.2 Å². The predicted molar refractivity (Wildman–Crippen MR) is 109 cm³/mol. The molecule has 4 nitrogen and oxygen atoms in total. The lowest BCUT2D eigenvalue weighted by Gasteiger charge is -2.15. The number of carboxylic acids is 1. The van der Waals surface area contributed by atoms with Crippen molar-refractivity contribution in [2.75, 3.05) is 7.11 Å². The van der Waals surface area contributed by atoms with Gasteiger partial charge in [-0.3, -0.25) is 9.78 Å². The molecule has 0 unspecified atom stereocenters. The van der Waals surface area contributed by atoms with Crippen LogP contribution in [0.2, 0.25) is 0 Å². The molecular weight excluding hydrogens is 376 g/mol. The summed E-state index contributed by atoms with van der Waals surface area (Å²) in [6.45, 7) is 0. The molecule has 0 aliphatic heterocycles. The van der Waals surface area contributed by atoms with Crippen LogP contribution in [0.25, 0.3) is 22.3 Å². The number of hydrogen-bond donors (Lipinski definition) is 1. The van der Waals surface area contributed by atoms with Crippen molar-refractivity contribution in [3.63, 3.8) is 0 Å². The van der Waals surface area contributed by atoms with Crippen molar-refractivity contribution < 1.29 is 23.4 Å². The lowest BCUT2D eigenvalue weighted by atomic mass is 9.92. The first kappa shape index (κ1) is 22.0. The van der Waals surface area contributed by atoms with Crippen molar-refractivity contribution in [3.05, 3.63) is 72.1 Å². The second kappa shape index (κ2) is 9.78. The molecule has 1 aromatic heterocycles. The number of nitrogens with zero attached hydrogens (tertiary/aromatic N) is 1. The molecule has 0 atom stereocenters. The van der Waals surface area contributed by atoms with Gasteiger partial charge in [-0.2, -0.15) is 0 Å². The Labute approximate surface area is 168 Å². The number of aromatic nitrogens is 1. The van der Waals surface area contributed by atoms with E-state index in [4.69, 9.17) is 9.84 Å². The summed E-state index contributed by atoms with van der Waals surface area (Å²) >= 11 is 0. The SMILES string of the molecule is C.COc1ccc(-c2ccc(-c3cccnc3)c(C(F)F)c2)c(CCC(=O)O)c1. The number of aliphatic carboxylic acids is 1. The van der Waals surface area contributed by atoms with Crippen LogP contribution in [0.3, 0.4) is 0 Å². The van der Waals surface area contributed by atoms with E-state index >= 15 is 0 Å². The fourth-order valence-corrected chi connectivity index (χ4v) is 3.12. The van der Waals surface area contributed by atoms with Crippen LogP contribution in [0.5, 0.6) is 5.75 Å². The van der Waals surface area contributed by atoms with Crippen LogP contribution in [0.4, 0.5) is 8.78 Å². The number of alkyl halides is 2. The molecule has 152 valence electrons. The van der Waals surface area contributed by atoms with Gasteiger partial charge in [0.2, 0.25) is 0 Å². The first-order valence-corrected chi connectivity index (χ1v) is 8.71. The Morgan fingerprint density at radius 2 is 1.86 bits per heavy atom. The molecule has 1 N–H and O–H groups in total. The highest BCUT2D eigenvalue weighted by Crippen LogP contribution is 2.36. The molecule has 3 rings (SSSR count). The molecular formula is C23H23F2NO3. The topological polar surface area (TPSA) is 59.4 Å². The van der Waals surface area contributed by atoms with Crippen molar-refractivity contribution >= 4 is 5.97 Å². The Morgan fingerprint density at radius 1 is 1.10 bits per heavy atom. The number of halogens is 2. The maximum atomic E-state index is 13.8. The van der Waals surface area contributed by atoms with E-state index in [1.54, 1.807) is 54.9 Å². The van der Waals surface area contributed by atoms with E-state index in [1.807, 2.05) is 0 Å². The third kappa shape index (κ3) is 5.16. The maximum absolute atomic E-state index is 13.8. The van der Waals surface area contributed by atoms with E-state index in [9.17, 15) is 13.6 Å². The molecule has 0 spiro atoms. The molecule has 6 heteroatoms. The average molecular weight is 399 g/mol. The molecule has 0 aliphatic carbocycles. The lowest BCUT2D eigenvalue weighted by molar-refractivity contribution is -0.136. The summed E-state index contributed by atoms with van der Waals surface area (Å²) < 4.78 is 32.7. The van der Waals surface area contributed by atoms with Gasteiger partial charge in [0.05, 0.1) is 7.11 Å². The van der Waals surface area contributed by atoms with Crippen LogP contribution in [0, 0.1) is 0 Å². The molecule has 1 heterocycles. The van der Waals surface area contributed by atoms with Crippen molar-refractivity contribution in [1.82, 2.24) is 4.98 Å². The zero-order valence-corrected chi connectivity index (χ0v) is 15.2. The van der Waals surface area contributed by atoms with Gasteiger partial charge in [-0.05, 0) is 52.9 Å². The maximum Gasteiger partial charge on any atom is 0.303 e. The highest BCUT2D eigenvalue weighted by atomic mass is 19.3. The minimum Gasteiger partial charge on any atom is -0.497 e. The van der Waals surface area contributed by atoms with E-state index in [2.05, 4.69) is 4.98 Å². The van der Waals surface area contributed by atoms with Gasteiger partial charge in [0.15, 0.2) is 0 Å². The quantitative estimate of drug-likeness (QED) is 0.528. The summed E-state index contributed by atoms with van der Waals surface area (Å²) in [6, 6.07) is 13.6. The average Bonchev–Trinajstić information content (AvgIpc) is 2.72. The number of carboxylic acid groups (broad SMARTS) is 1. The molecule has 29 heavy (non-hydrogen) atoms. The van der Waals surface area contributed by atoms with E-state index < -0.39 is 12.4 Å². The van der Waals surface area contributed by atoms with Gasteiger partial charge in [-0.15, -0.1) is 0 Å². The molecule has 0 fully saturated rings. The van der Waals surface area contributed by atoms with Gasteiger partial charge >= 0.3 is 5.97 Å². The Balaban J connectivity index is 0.00000300. The third-order valence-electron chi connectivity index (χ3n) is 4.49. The van der Waals surface area contributed by atoms with Gasteiger partial charge in [0, 0.05) is 29.9 Å². The summed E-state index contributed by atoms with van der Waals surface area (Å²) in [7, 11) is 1.52. The number of methoxy groups -OCH3 is 1. The molecule has 0 aliphatic rings. The number of hydrogen-bond acceptors (Lipinski definition) is 3. The third-order valence-corrected chi connectivity index (χ3v) is 4.49. The minimum absolute atomic E-state index is 0. The first-order chi connectivity index (χ1) is 13.5. The van der Waals surface area contributed by atoms with Crippen molar-refractivity contribution in [3.8, 4) is 28.0 Å². The van der Waals surface area contributed by atoms with Crippen molar-refractivity contribution in [1.29, 1.82) is 0 Å². The number of ether oxygens (including phenoxy) is 1. The Morgan fingerprint density at radius 3 is 2.48 bits per heavy atom. The van der Waals surface area contributed by atoms with Crippen LogP contribution < -0.4 is 4.74 Å². The molecule has 2 aromatic carbocycles. The van der Waals surface area contributed by atoms with E-state index in [0.717, 1.165) is 5.56 Å². The highest BCUT2D eigenvalue weighted by molar-refractivity contribution is 5.76. The van der Waals surface area contributed by atoms with Gasteiger partial charge in [0.25, 0.3) is 6.43 Å². The molecule has 3 aromatic rings. The van der Waals surface area contributed by atoms with E-state index in [0.29, 0.717) is 28.0 Å². The van der Waals surface area contributed by atoms with Crippen molar-refractivity contribution in [2.24, 2.45) is 0 Å². The van der Waals surface area contributed by atoms with Crippen molar-refractivity contribution in [2.45, 2.75) is 26.7 Å². The smallest absolute Gasteiger partial charge is 0.303 e. The second-order valence-electron chi connectivity index (χ2n) is 6.26. The Kier molecular flexibility index (Phi) is 7.42. The fraction of sp³-hybridized carbons (Fsp3) is 0.217. The largest absolute Gasteiger partial charge is 0.497 e. The molecule has 0 radical (unpaired) electrons. The Hall–Kier alpha value is -3.28. The number of benzene rings is 2. The van der Waals surface area contributed by atoms with Crippen LogP contribution in [0.1, 0.15) is 31.4 Å². The zero-order chi connectivity index (χ0) is 20.1. The predicted octanol–water partition coefficient (Wildman–Crippen LogP) is 6.02. The molecule has 0 saturated heterocycles. The van der Waals surface area contributed by atoms with Crippen LogP contribution in [0.15, 0.2) is 60.9 Å². The number of rotatable bonds is 7. The minimum atomic E-state index is -2.66. The normalized spacial score (nSPS) is 10.5.